The topological polar surface area (TPSA) is 61.5 Å². The third kappa shape index (κ3) is 7.18. The summed E-state index contributed by atoms with van der Waals surface area (Å²) < 4.78 is 10.7. The van der Waals surface area contributed by atoms with Crippen LogP contribution in [0.25, 0.3) is 0 Å². The second-order valence-corrected chi connectivity index (χ2v) is 6.35. The zero-order valence-electron chi connectivity index (χ0n) is 15.6. The molecule has 2 aromatic rings. The summed E-state index contributed by atoms with van der Waals surface area (Å²) >= 11 is 0. The Hall–Kier alpha value is -2.49. The van der Waals surface area contributed by atoms with Gasteiger partial charge in [-0.1, -0.05) is 49.2 Å². The van der Waals surface area contributed by atoms with Crippen molar-refractivity contribution in [3.8, 4) is 5.75 Å². The number of carbonyl (C=O) groups is 1. The van der Waals surface area contributed by atoms with Gasteiger partial charge < -0.3 is 15.2 Å². The standard InChI is InChI=1S/C22H29NO3/c1-2-25-22(24)12-8-3-4-9-15-26-21-14-13-19(17-20(21)23)16-18-10-6-5-7-11-18/h5-7,10-11,13-14,17H,2-4,8-9,12,15-16,23H2,1H3. The van der Waals surface area contributed by atoms with Crippen LogP contribution in [-0.4, -0.2) is 19.2 Å². The monoisotopic (exact) mass is 355 g/mol. The highest BCUT2D eigenvalue weighted by atomic mass is 16.5. The minimum absolute atomic E-state index is 0.105. The van der Waals surface area contributed by atoms with E-state index < -0.39 is 0 Å². The SMILES string of the molecule is CCOC(=O)CCCCCCOc1ccc(Cc2ccccc2)cc1N. The highest BCUT2D eigenvalue weighted by molar-refractivity contribution is 5.69. The summed E-state index contributed by atoms with van der Waals surface area (Å²) in [5.41, 5.74) is 9.25. The van der Waals surface area contributed by atoms with Crippen molar-refractivity contribution in [2.75, 3.05) is 18.9 Å². The molecule has 0 atom stereocenters. The number of hydrogen-bond acceptors (Lipinski definition) is 4. The highest BCUT2D eigenvalue weighted by Gasteiger charge is 2.04. The van der Waals surface area contributed by atoms with Crippen molar-refractivity contribution in [3.63, 3.8) is 0 Å². The molecule has 4 nitrogen and oxygen atoms in total. The minimum atomic E-state index is -0.105. The Kier molecular flexibility index (Phi) is 8.53. The summed E-state index contributed by atoms with van der Waals surface area (Å²) in [5, 5.41) is 0. The van der Waals surface area contributed by atoms with Gasteiger partial charge in [0.1, 0.15) is 5.75 Å². The number of nitrogens with two attached hydrogens (primary N) is 1. The summed E-state index contributed by atoms with van der Waals surface area (Å²) in [6.45, 7) is 2.93. The quantitative estimate of drug-likeness (QED) is 0.359. The predicted octanol–water partition coefficient (Wildman–Crippen LogP) is 4.75. The Morgan fingerprint density at radius 3 is 2.46 bits per heavy atom. The van der Waals surface area contributed by atoms with Crippen molar-refractivity contribution in [1.82, 2.24) is 0 Å². The Labute approximate surface area is 156 Å². The van der Waals surface area contributed by atoms with Gasteiger partial charge in [0, 0.05) is 6.42 Å². The average molecular weight is 355 g/mol. The van der Waals surface area contributed by atoms with Gasteiger partial charge in [0.05, 0.1) is 18.9 Å². The summed E-state index contributed by atoms with van der Waals surface area (Å²) in [6, 6.07) is 16.3. The van der Waals surface area contributed by atoms with Gasteiger partial charge in [-0.15, -0.1) is 0 Å². The number of esters is 1. The van der Waals surface area contributed by atoms with Gasteiger partial charge in [-0.25, -0.2) is 0 Å². The normalized spacial score (nSPS) is 10.5. The van der Waals surface area contributed by atoms with E-state index in [0.29, 0.717) is 25.3 Å². The van der Waals surface area contributed by atoms with E-state index in [1.165, 1.54) is 11.1 Å². The van der Waals surface area contributed by atoms with Crippen LogP contribution in [0.15, 0.2) is 48.5 Å². The number of unbranched alkanes of at least 4 members (excludes halogenated alkanes) is 3. The Bertz CT molecular complexity index is 670. The fourth-order valence-electron chi connectivity index (χ4n) is 2.81. The molecular weight excluding hydrogens is 326 g/mol. The predicted molar refractivity (Wildman–Crippen MR) is 105 cm³/mol. The molecule has 0 aliphatic rings. The van der Waals surface area contributed by atoms with Crippen LogP contribution < -0.4 is 10.5 Å². The first-order valence-electron chi connectivity index (χ1n) is 9.39. The van der Waals surface area contributed by atoms with Crippen molar-refractivity contribution < 1.29 is 14.3 Å². The first kappa shape index (κ1) is 19.8. The number of anilines is 1. The molecule has 2 aromatic carbocycles. The molecule has 2 rings (SSSR count). The van der Waals surface area contributed by atoms with Crippen LogP contribution in [0.1, 0.15) is 50.2 Å². The smallest absolute Gasteiger partial charge is 0.305 e. The lowest BCUT2D eigenvalue weighted by Gasteiger charge is -2.11. The van der Waals surface area contributed by atoms with Crippen LogP contribution in [0.2, 0.25) is 0 Å². The largest absolute Gasteiger partial charge is 0.491 e. The molecular formula is C22H29NO3. The fourth-order valence-corrected chi connectivity index (χ4v) is 2.81. The van der Waals surface area contributed by atoms with Gasteiger partial charge in [0.15, 0.2) is 0 Å². The van der Waals surface area contributed by atoms with E-state index in [-0.39, 0.29) is 5.97 Å². The number of carbonyl (C=O) groups excluding carboxylic acids is 1. The zero-order valence-corrected chi connectivity index (χ0v) is 15.6. The zero-order chi connectivity index (χ0) is 18.6. The molecule has 0 aliphatic carbocycles. The molecule has 0 heterocycles. The van der Waals surface area contributed by atoms with Crippen molar-refractivity contribution in [2.45, 2.75) is 45.4 Å². The first-order valence-corrected chi connectivity index (χ1v) is 9.39. The van der Waals surface area contributed by atoms with Crippen molar-refractivity contribution in [3.05, 3.63) is 59.7 Å². The summed E-state index contributed by atoms with van der Waals surface area (Å²) in [5.74, 6) is 0.639. The number of ether oxygens (including phenoxy) is 2. The second kappa shape index (κ2) is 11.2. The molecule has 0 saturated carbocycles. The Morgan fingerprint density at radius 2 is 1.73 bits per heavy atom. The van der Waals surface area contributed by atoms with Gasteiger partial charge in [0.25, 0.3) is 0 Å². The van der Waals surface area contributed by atoms with Crippen LogP contribution in [0.5, 0.6) is 5.75 Å². The van der Waals surface area contributed by atoms with E-state index in [4.69, 9.17) is 15.2 Å². The molecule has 0 amide bonds. The molecule has 0 aromatic heterocycles. The molecule has 140 valence electrons. The molecule has 0 unspecified atom stereocenters. The Morgan fingerprint density at radius 1 is 0.962 bits per heavy atom. The van der Waals surface area contributed by atoms with Crippen LogP contribution >= 0.6 is 0 Å². The van der Waals surface area contributed by atoms with Gasteiger partial charge in [0.2, 0.25) is 0 Å². The fraction of sp³-hybridized carbons (Fsp3) is 0.409. The molecule has 0 saturated heterocycles. The van der Waals surface area contributed by atoms with E-state index in [1.54, 1.807) is 0 Å². The molecule has 0 radical (unpaired) electrons. The minimum Gasteiger partial charge on any atom is -0.491 e. The van der Waals surface area contributed by atoms with Crippen LogP contribution in [-0.2, 0) is 16.0 Å². The van der Waals surface area contributed by atoms with Crippen LogP contribution in [0, 0.1) is 0 Å². The van der Waals surface area contributed by atoms with Gasteiger partial charge in [-0.05, 0) is 49.4 Å². The van der Waals surface area contributed by atoms with E-state index >= 15 is 0 Å². The molecule has 2 N–H and O–H groups in total. The lowest BCUT2D eigenvalue weighted by Crippen LogP contribution is -2.04. The van der Waals surface area contributed by atoms with Gasteiger partial charge in [-0.3, -0.25) is 4.79 Å². The lowest BCUT2D eigenvalue weighted by molar-refractivity contribution is -0.143. The maximum Gasteiger partial charge on any atom is 0.305 e. The lowest BCUT2D eigenvalue weighted by atomic mass is 10.0. The van der Waals surface area contributed by atoms with Crippen molar-refractivity contribution >= 4 is 11.7 Å². The molecule has 0 fully saturated rings. The summed E-state index contributed by atoms with van der Waals surface area (Å²) in [6.07, 6.45) is 5.23. The molecule has 0 spiro atoms. The molecule has 26 heavy (non-hydrogen) atoms. The highest BCUT2D eigenvalue weighted by Crippen LogP contribution is 2.24. The molecule has 4 heteroatoms. The third-order valence-corrected chi connectivity index (χ3v) is 4.16. The molecule has 0 aliphatic heterocycles. The van der Waals surface area contributed by atoms with Crippen LogP contribution in [0.3, 0.4) is 0 Å². The number of hydrogen-bond donors (Lipinski definition) is 1. The van der Waals surface area contributed by atoms with E-state index in [2.05, 4.69) is 18.2 Å². The Balaban J connectivity index is 1.66. The van der Waals surface area contributed by atoms with Crippen molar-refractivity contribution in [1.29, 1.82) is 0 Å². The first-order chi connectivity index (χ1) is 12.7. The maximum atomic E-state index is 11.2. The summed E-state index contributed by atoms with van der Waals surface area (Å²) in [7, 11) is 0. The maximum absolute atomic E-state index is 11.2. The van der Waals surface area contributed by atoms with E-state index in [1.807, 2.05) is 37.3 Å². The third-order valence-electron chi connectivity index (χ3n) is 4.16. The van der Waals surface area contributed by atoms with Gasteiger partial charge in [-0.2, -0.15) is 0 Å². The van der Waals surface area contributed by atoms with Crippen molar-refractivity contribution in [2.24, 2.45) is 0 Å². The average Bonchev–Trinajstić information content (AvgIpc) is 2.63. The van der Waals surface area contributed by atoms with Crippen LogP contribution in [0.4, 0.5) is 5.69 Å². The van der Waals surface area contributed by atoms with E-state index in [0.717, 1.165) is 37.9 Å². The summed E-state index contributed by atoms with van der Waals surface area (Å²) in [4.78, 5) is 11.2. The molecule has 0 bridgehead atoms. The number of benzene rings is 2. The second-order valence-electron chi connectivity index (χ2n) is 6.35. The van der Waals surface area contributed by atoms with Gasteiger partial charge >= 0.3 is 5.97 Å². The van der Waals surface area contributed by atoms with E-state index in [9.17, 15) is 4.79 Å². The number of rotatable bonds is 11. The number of nitrogen functional groups attached to an aromatic ring is 1.